The summed E-state index contributed by atoms with van der Waals surface area (Å²) >= 11 is 5.92. The summed E-state index contributed by atoms with van der Waals surface area (Å²) in [6.45, 7) is 7.53. The van der Waals surface area contributed by atoms with Crippen LogP contribution >= 0.6 is 11.6 Å². The van der Waals surface area contributed by atoms with E-state index in [4.69, 9.17) is 16.3 Å². The summed E-state index contributed by atoms with van der Waals surface area (Å²) in [5.74, 6) is -0.678. The molecule has 0 saturated heterocycles. The summed E-state index contributed by atoms with van der Waals surface area (Å²) in [6.07, 6.45) is -1.31. The zero-order valence-electron chi connectivity index (χ0n) is 9.87. The molecule has 0 radical (unpaired) electrons. The van der Waals surface area contributed by atoms with Crippen molar-refractivity contribution < 1.29 is 14.6 Å². The summed E-state index contributed by atoms with van der Waals surface area (Å²) in [5, 5.41) is 10.2. The van der Waals surface area contributed by atoms with Gasteiger partial charge in [0.25, 0.3) is 0 Å². The molecule has 1 aromatic carbocycles. The third-order valence-electron chi connectivity index (χ3n) is 2.24. The molecule has 0 spiro atoms. The molecule has 0 aliphatic heterocycles. The van der Waals surface area contributed by atoms with Crippen LogP contribution in [0.25, 0.3) is 5.57 Å². The van der Waals surface area contributed by atoms with Crippen molar-refractivity contribution in [2.45, 2.75) is 20.0 Å². The van der Waals surface area contributed by atoms with Gasteiger partial charge in [-0.1, -0.05) is 23.8 Å². The summed E-state index contributed by atoms with van der Waals surface area (Å²) in [5.41, 5.74) is 2.01. The van der Waals surface area contributed by atoms with Crippen molar-refractivity contribution in [3.8, 4) is 0 Å². The van der Waals surface area contributed by atoms with Gasteiger partial charge in [0.15, 0.2) is 6.10 Å². The Bertz CT molecular complexity index is 440. The average Bonchev–Trinajstić information content (AvgIpc) is 2.27. The molecule has 1 aromatic rings. The zero-order chi connectivity index (χ0) is 13.0. The SMILES string of the molecule is C=C(C)c1cc(Cl)cc(C(O)C(=O)OCC)c1. The van der Waals surface area contributed by atoms with Crippen LogP contribution in [0.1, 0.15) is 31.1 Å². The Labute approximate surface area is 106 Å². The molecule has 0 aliphatic rings. The predicted octanol–water partition coefficient (Wildman–Crippen LogP) is 2.97. The van der Waals surface area contributed by atoms with Crippen molar-refractivity contribution in [2.75, 3.05) is 6.61 Å². The number of hydrogen-bond donors (Lipinski definition) is 1. The first-order chi connectivity index (χ1) is 7.95. The lowest BCUT2D eigenvalue weighted by molar-refractivity contribution is -0.153. The van der Waals surface area contributed by atoms with Crippen LogP contribution in [0, 0.1) is 0 Å². The normalized spacial score (nSPS) is 12.0. The van der Waals surface area contributed by atoms with Crippen LogP contribution in [0.5, 0.6) is 0 Å². The topological polar surface area (TPSA) is 46.5 Å². The lowest BCUT2D eigenvalue weighted by Gasteiger charge is -2.12. The van der Waals surface area contributed by atoms with Gasteiger partial charge in [-0.3, -0.25) is 0 Å². The van der Waals surface area contributed by atoms with E-state index in [-0.39, 0.29) is 6.61 Å². The average molecular weight is 255 g/mol. The standard InChI is InChI=1S/C13H15ClO3/c1-4-17-13(16)12(15)10-5-9(8(2)3)6-11(14)7-10/h5-7,12,15H,2,4H2,1,3H3. The van der Waals surface area contributed by atoms with Crippen molar-refractivity contribution in [1.29, 1.82) is 0 Å². The van der Waals surface area contributed by atoms with Crippen molar-refractivity contribution in [3.63, 3.8) is 0 Å². The number of benzene rings is 1. The maximum atomic E-state index is 11.4. The van der Waals surface area contributed by atoms with E-state index >= 15 is 0 Å². The van der Waals surface area contributed by atoms with Gasteiger partial charge in [-0.15, -0.1) is 0 Å². The molecule has 0 aliphatic carbocycles. The number of aliphatic hydroxyl groups is 1. The van der Waals surface area contributed by atoms with E-state index in [1.165, 1.54) is 6.07 Å². The second-order valence-electron chi connectivity index (χ2n) is 3.71. The molecule has 0 fully saturated rings. The highest BCUT2D eigenvalue weighted by molar-refractivity contribution is 6.30. The van der Waals surface area contributed by atoms with Crippen molar-refractivity contribution >= 4 is 23.1 Å². The molecule has 1 rings (SSSR count). The molecule has 1 unspecified atom stereocenters. The first kappa shape index (κ1) is 13.7. The molecule has 92 valence electrons. The third kappa shape index (κ3) is 3.58. The minimum Gasteiger partial charge on any atom is -0.464 e. The molecular formula is C13H15ClO3. The van der Waals surface area contributed by atoms with E-state index in [1.54, 1.807) is 19.1 Å². The van der Waals surface area contributed by atoms with E-state index in [9.17, 15) is 9.90 Å². The van der Waals surface area contributed by atoms with Gasteiger partial charge < -0.3 is 9.84 Å². The van der Waals surface area contributed by atoms with E-state index in [1.807, 2.05) is 6.92 Å². The van der Waals surface area contributed by atoms with Crippen molar-refractivity contribution in [1.82, 2.24) is 0 Å². The summed E-state index contributed by atoms with van der Waals surface area (Å²) in [4.78, 5) is 11.4. The number of aliphatic hydroxyl groups excluding tert-OH is 1. The second kappa shape index (κ2) is 5.84. The Morgan fingerprint density at radius 3 is 2.71 bits per heavy atom. The van der Waals surface area contributed by atoms with Gasteiger partial charge in [-0.05, 0) is 43.2 Å². The molecule has 1 atom stereocenters. The number of halogens is 1. The maximum Gasteiger partial charge on any atom is 0.339 e. The highest BCUT2D eigenvalue weighted by atomic mass is 35.5. The molecule has 3 nitrogen and oxygen atoms in total. The molecule has 0 amide bonds. The first-order valence-corrected chi connectivity index (χ1v) is 5.64. The van der Waals surface area contributed by atoms with Gasteiger partial charge >= 0.3 is 5.97 Å². The maximum absolute atomic E-state index is 11.4. The van der Waals surface area contributed by atoms with Gasteiger partial charge in [0, 0.05) is 5.02 Å². The number of allylic oxidation sites excluding steroid dienone is 1. The highest BCUT2D eigenvalue weighted by Gasteiger charge is 2.19. The molecule has 0 aromatic heterocycles. The largest absolute Gasteiger partial charge is 0.464 e. The predicted molar refractivity (Wildman–Crippen MR) is 67.8 cm³/mol. The van der Waals surface area contributed by atoms with Gasteiger partial charge in [0.1, 0.15) is 0 Å². The van der Waals surface area contributed by atoms with Crippen LogP contribution < -0.4 is 0 Å². The monoisotopic (exact) mass is 254 g/mol. The van der Waals surface area contributed by atoms with E-state index in [0.717, 1.165) is 11.1 Å². The van der Waals surface area contributed by atoms with Crippen LogP contribution in [0.3, 0.4) is 0 Å². The molecule has 4 heteroatoms. The quantitative estimate of drug-likeness (QED) is 0.841. The Morgan fingerprint density at radius 1 is 1.53 bits per heavy atom. The highest BCUT2D eigenvalue weighted by Crippen LogP contribution is 2.24. The number of ether oxygens (including phenoxy) is 1. The van der Waals surface area contributed by atoms with Crippen LogP contribution in [0.4, 0.5) is 0 Å². The van der Waals surface area contributed by atoms with Gasteiger partial charge in [-0.2, -0.15) is 0 Å². The van der Waals surface area contributed by atoms with Crippen LogP contribution in [-0.2, 0) is 9.53 Å². The summed E-state index contributed by atoms with van der Waals surface area (Å²) in [6, 6.07) is 4.94. The fourth-order valence-electron chi connectivity index (χ4n) is 1.37. The number of hydrogen-bond acceptors (Lipinski definition) is 3. The van der Waals surface area contributed by atoms with Gasteiger partial charge in [0.05, 0.1) is 6.61 Å². The van der Waals surface area contributed by atoms with Gasteiger partial charge in [-0.25, -0.2) is 4.79 Å². The summed E-state index contributed by atoms with van der Waals surface area (Å²) < 4.78 is 4.74. The van der Waals surface area contributed by atoms with Gasteiger partial charge in [0.2, 0.25) is 0 Å². The molecular weight excluding hydrogens is 240 g/mol. The van der Waals surface area contributed by atoms with E-state index in [0.29, 0.717) is 10.6 Å². The van der Waals surface area contributed by atoms with Crippen LogP contribution in [0.15, 0.2) is 24.8 Å². The first-order valence-electron chi connectivity index (χ1n) is 5.26. The molecule has 0 saturated carbocycles. The zero-order valence-corrected chi connectivity index (χ0v) is 10.6. The van der Waals surface area contributed by atoms with Crippen molar-refractivity contribution in [2.24, 2.45) is 0 Å². The number of rotatable bonds is 4. The Morgan fingerprint density at radius 2 is 2.18 bits per heavy atom. The van der Waals surface area contributed by atoms with Crippen LogP contribution in [0.2, 0.25) is 5.02 Å². The number of carbonyl (C=O) groups excluding carboxylic acids is 1. The molecule has 1 N–H and O–H groups in total. The summed E-state index contributed by atoms with van der Waals surface area (Å²) in [7, 11) is 0. The fourth-order valence-corrected chi connectivity index (χ4v) is 1.62. The lowest BCUT2D eigenvalue weighted by atomic mass is 10.0. The van der Waals surface area contributed by atoms with Crippen molar-refractivity contribution in [3.05, 3.63) is 40.9 Å². The second-order valence-corrected chi connectivity index (χ2v) is 4.14. The minimum atomic E-state index is -1.31. The number of carbonyl (C=O) groups is 1. The molecule has 17 heavy (non-hydrogen) atoms. The smallest absolute Gasteiger partial charge is 0.339 e. The lowest BCUT2D eigenvalue weighted by Crippen LogP contribution is -2.15. The third-order valence-corrected chi connectivity index (χ3v) is 2.46. The Balaban J connectivity index is 3.05. The minimum absolute atomic E-state index is 0.226. The number of esters is 1. The fraction of sp³-hybridized carbons (Fsp3) is 0.308. The van der Waals surface area contributed by atoms with E-state index < -0.39 is 12.1 Å². The molecule has 0 bridgehead atoms. The van der Waals surface area contributed by atoms with Crippen LogP contribution in [-0.4, -0.2) is 17.7 Å². The molecule has 0 heterocycles. The van der Waals surface area contributed by atoms with E-state index in [2.05, 4.69) is 6.58 Å². The Hall–Kier alpha value is -1.32. The Kier molecular flexibility index (Phi) is 4.73.